The van der Waals surface area contributed by atoms with Crippen molar-refractivity contribution in [3.8, 4) is 0 Å². The first-order valence-electron chi connectivity index (χ1n) is 6.22. The minimum atomic E-state index is 0.212. The Morgan fingerprint density at radius 3 is 2.41 bits per heavy atom. The average molecular weight is 294 g/mol. The fraction of sp³-hybridized carbons (Fsp3) is 0.500. The van der Waals surface area contributed by atoms with Crippen molar-refractivity contribution in [3.05, 3.63) is 29.8 Å². The molecule has 0 aliphatic heterocycles. The molecular formula is C14H16BrNO. The van der Waals surface area contributed by atoms with Crippen molar-refractivity contribution in [2.24, 2.45) is 17.8 Å². The van der Waals surface area contributed by atoms with E-state index in [0.717, 1.165) is 35.7 Å². The Morgan fingerprint density at radius 1 is 1.18 bits per heavy atom. The van der Waals surface area contributed by atoms with Gasteiger partial charge in [0, 0.05) is 16.9 Å². The van der Waals surface area contributed by atoms with Crippen molar-refractivity contribution in [2.75, 3.05) is 5.32 Å². The van der Waals surface area contributed by atoms with Crippen LogP contribution in [0.1, 0.15) is 24.8 Å². The minimum absolute atomic E-state index is 0.212. The van der Waals surface area contributed by atoms with Crippen LogP contribution in [-0.2, 0) is 10.1 Å². The zero-order valence-electron chi connectivity index (χ0n) is 9.66. The standard InChI is InChI=1S/C14H16BrNO/c15-8-9-1-3-13(4-2-9)16-14(17)12-6-10-5-11(10)7-12/h1-4,10-12H,5-8H2,(H,16,17). The Labute approximate surface area is 110 Å². The summed E-state index contributed by atoms with van der Waals surface area (Å²) in [6.45, 7) is 0. The van der Waals surface area contributed by atoms with E-state index >= 15 is 0 Å². The van der Waals surface area contributed by atoms with Gasteiger partial charge in [0.25, 0.3) is 0 Å². The van der Waals surface area contributed by atoms with E-state index in [4.69, 9.17) is 0 Å². The van der Waals surface area contributed by atoms with Crippen molar-refractivity contribution < 1.29 is 4.79 Å². The van der Waals surface area contributed by atoms with Gasteiger partial charge < -0.3 is 5.32 Å². The zero-order valence-corrected chi connectivity index (χ0v) is 11.2. The van der Waals surface area contributed by atoms with Crippen LogP contribution in [0.3, 0.4) is 0 Å². The molecule has 0 heterocycles. The Kier molecular flexibility index (Phi) is 2.95. The first kappa shape index (κ1) is 11.3. The molecule has 0 bridgehead atoms. The van der Waals surface area contributed by atoms with Crippen LogP contribution in [0.15, 0.2) is 24.3 Å². The molecule has 0 radical (unpaired) electrons. The lowest BCUT2D eigenvalue weighted by Gasteiger charge is -2.12. The summed E-state index contributed by atoms with van der Waals surface area (Å²) in [5.41, 5.74) is 2.14. The number of fused-ring (bicyclic) bond motifs is 1. The first-order chi connectivity index (χ1) is 8.26. The molecule has 2 aliphatic carbocycles. The van der Waals surface area contributed by atoms with E-state index in [2.05, 4.69) is 21.2 Å². The molecule has 2 saturated carbocycles. The van der Waals surface area contributed by atoms with Crippen LogP contribution < -0.4 is 5.32 Å². The Hall–Kier alpha value is -0.830. The van der Waals surface area contributed by atoms with Gasteiger partial charge in [-0.25, -0.2) is 0 Å². The fourth-order valence-electron chi connectivity index (χ4n) is 2.85. The van der Waals surface area contributed by atoms with E-state index in [0.29, 0.717) is 0 Å². The summed E-state index contributed by atoms with van der Waals surface area (Å²) in [7, 11) is 0. The van der Waals surface area contributed by atoms with Gasteiger partial charge in [0.05, 0.1) is 0 Å². The molecule has 0 spiro atoms. The summed E-state index contributed by atoms with van der Waals surface area (Å²) >= 11 is 3.41. The molecule has 1 N–H and O–H groups in total. The van der Waals surface area contributed by atoms with E-state index in [9.17, 15) is 4.79 Å². The monoisotopic (exact) mass is 293 g/mol. The second-order valence-electron chi connectivity index (χ2n) is 5.24. The van der Waals surface area contributed by atoms with Gasteiger partial charge in [0.1, 0.15) is 0 Å². The maximum Gasteiger partial charge on any atom is 0.227 e. The highest BCUT2D eigenvalue weighted by atomic mass is 79.9. The van der Waals surface area contributed by atoms with Crippen LogP contribution in [0, 0.1) is 17.8 Å². The number of benzene rings is 1. The Morgan fingerprint density at radius 2 is 1.82 bits per heavy atom. The maximum absolute atomic E-state index is 12.0. The lowest BCUT2D eigenvalue weighted by molar-refractivity contribution is -0.120. The van der Waals surface area contributed by atoms with Crippen molar-refractivity contribution in [2.45, 2.75) is 24.6 Å². The van der Waals surface area contributed by atoms with E-state index in [-0.39, 0.29) is 11.8 Å². The van der Waals surface area contributed by atoms with E-state index in [1.807, 2.05) is 24.3 Å². The number of hydrogen-bond acceptors (Lipinski definition) is 1. The summed E-state index contributed by atoms with van der Waals surface area (Å²) in [4.78, 5) is 12.0. The smallest absolute Gasteiger partial charge is 0.227 e. The lowest BCUT2D eigenvalue weighted by atomic mass is 10.0. The van der Waals surface area contributed by atoms with Crippen LogP contribution in [0.2, 0.25) is 0 Å². The number of carbonyl (C=O) groups excluding carboxylic acids is 1. The number of rotatable bonds is 3. The van der Waals surface area contributed by atoms with E-state index < -0.39 is 0 Å². The molecule has 17 heavy (non-hydrogen) atoms. The van der Waals surface area contributed by atoms with Crippen molar-refractivity contribution in [1.82, 2.24) is 0 Å². The van der Waals surface area contributed by atoms with Gasteiger partial charge in [-0.2, -0.15) is 0 Å². The SMILES string of the molecule is O=C(Nc1ccc(CBr)cc1)C1CC2CC2C1. The quantitative estimate of drug-likeness (QED) is 0.848. The van der Waals surface area contributed by atoms with Crippen molar-refractivity contribution >= 4 is 27.5 Å². The molecule has 2 unspecified atom stereocenters. The number of halogens is 1. The summed E-state index contributed by atoms with van der Waals surface area (Å²) in [5, 5.41) is 3.88. The van der Waals surface area contributed by atoms with Crippen molar-refractivity contribution in [1.29, 1.82) is 0 Å². The largest absolute Gasteiger partial charge is 0.326 e. The second-order valence-corrected chi connectivity index (χ2v) is 5.80. The summed E-state index contributed by atoms with van der Waals surface area (Å²) in [6, 6.07) is 8.03. The van der Waals surface area contributed by atoms with Crippen LogP contribution in [0.5, 0.6) is 0 Å². The third-order valence-corrected chi connectivity index (χ3v) is 4.64. The maximum atomic E-state index is 12.0. The van der Waals surface area contributed by atoms with Gasteiger partial charge in [-0.15, -0.1) is 0 Å². The fourth-order valence-corrected chi connectivity index (χ4v) is 3.22. The number of anilines is 1. The molecule has 2 aliphatic rings. The van der Waals surface area contributed by atoms with Gasteiger partial charge in [-0.1, -0.05) is 28.1 Å². The van der Waals surface area contributed by atoms with Crippen LogP contribution in [0.4, 0.5) is 5.69 Å². The molecule has 1 aromatic rings. The van der Waals surface area contributed by atoms with Gasteiger partial charge in [0.15, 0.2) is 0 Å². The molecule has 3 heteroatoms. The molecule has 2 atom stereocenters. The predicted octanol–water partition coefficient (Wildman–Crippen LogP) is 3.57. The molecule has 2 fully saturated rings. The third kappa shape index (κ3) is 2.39. The van der Waals surface area contributed by atoms with Crippen LogP contribution in [-0.4, -0.2) is 5.91 Å². The lowest BCUT2D eigenvalue weighted by Crippen LogP contribution is -2.21. The normalized spacial score (nSPS) is 29.8. The molecule has 0 saturated heterocycles. The van der Waals surface area contributed by atoms with E-state index in [1.165, 1.54) is 12.0 Å². The number of hydrogen-bond donors (Lipinski definition) is 1. The Bertz CT molecular complexity index is 418. The number of nitrogens with one attached hydrogen (secondary N) is 1. The molecule has 1 aromatic carbocycles. The number of alkyl halides is 1. The zero-order chi connectivity index (χ0) is 11.8. The summed E-state index contributed by atoms with van der Waals surface area (Å²) < 4.78 is 0. The average Bonchev–Trinajstić information content (AvgIpc) is 2.97. The molecular weight excluding hydrogens is 278 g/mol. The first-order valence-corrected chi connectivity index (χ1v) is 7.34. The third-order valence-electron chi connectivity index (χ3n) is 3.99. The van der Waals surface area contributed by atoms with Crippen LogP contribution in [0.25, 0.3) is 0 Å². The molecule has 0 aromatic heterocycles. The molecule has 1 amide bonds. The van der Waals surface area contributed by atoms with Gasteiger partial charge in [0.2, 0.25) is 5.91 Å². The molecule has 2 nitrogen and oxygen atoms in total. The molecule has 90 valence electrons. The molecule has 3 rings (SSSR count). The van der Waals surface area contributed by atoms with Gasteiger partial charge in [-0.3, -0.25) is 4.79 Å². The van der Waals surface area contributed by atoms with Crippen LogP contribution >= 0.6 is 15.9 Å². The predicted molar refractivity (Wildman–Crippen MR) is 72.0 cm³/mol. The number of carbonyl (C=O) groups is 1. The highest BCUT2D eigenvalue weighted by molar-refractivity contribution is 9.08. The second kappa shape index (κ2) is 4.45. The Balaban J connectivity index is 1.59. The highest BCUT2D eigenvalue weighted by Gasteiger charge is 2.47. The van der Waals surface area contributed by atoms with Crippen molar-refractivity contribution in [3.63, 3.8) is 0 Å². The number of amides is 1. The summed E-state index contributed by atoms with van der Waals surface area (Å²) in [6.07, 6.45) is 3.58. The summed E-state index contributed by atoms with van der Waals surface area (Å²) in [5.74, 6) is 2.20. The highest BCUT2D eigenvalue weighted by Crippen LogP contribution is 2.54. The van der Waals surface area contributed by atoms with E-state index in [1.54, 1.807) is 0 Å². The van der Waals surface area contributed by atoms with Gasteiger partial charge >= 0.3 is 0 Å². The van der Waals surface area contributed by atoms with Gasteiger partial charge in [-0.05, 0) is 48.8 Å². The topological polar surface area (TPSA) is 29.1 Å². The minimum Gasteiger partial charge on any atom is -0.326 e.